The fourth-order valence-corrected chi connectivity index (χ4v) is 1.20. The Hall–Kier alpha value is -2.42. The highest BCUT2D eigenvalue weighted by Crippen LogP contribution is 1.77. The van der Waals surface area contributed by atoms with Crippen LogP contribution in [0.15, 0.2) is 21.7 Å². The molecule has 3 N–H and O–H groups in total. The Labute approximate surface area is 106 Å². The van der Waals surface area contributed by atoms with Gasteiger partial charge in [-0.1, -0.05) is 0 Å². The minimum atomic E-state index is -1.10. The van der Waals surface area contributed by atoms with Gasteiger partial charge in [0.05, 0.1) is 6.61 Å². The summed E-state index contributed by atoms with van der Waals surface area (Å²) >= 11 is 0. The lowest BCUT2D eigenvalue weighted by Crippen LogP contribution is -2.37. The number of amides is 1. The summed E-state index contributed by atoms with van der Waals surface area (Å²) in [5, 5.41) is 12.9. The number of hydrogen-bond donors (Lipinski definition) is 3. The van der Waals surface area contributed by atoms with Gasteiger partial charge in [-0.25, -0.2) is 9.48 Å². The Morgan fingerprint density at radius 3 is 2.79 bits per heavy atom. The number of nitrogens with one attached hydrogen (secondary N) is 2. The van der Waals surface area contributed by atoms with Crippen LogP contribution in [-0.2, 0) is 20.9 Å². The van der Waals surface area contributed by atoms with Crippen LogP contribution in [0.4, 0.5) is 0 Å². The topological polar surface area (TPSA) is 130 Å². The van der Waals surface area contributed by atoms with Crippen molar-refractivity contribution in [2.24, 2.45) is 0 Å². The van der Waals surface area contributed by atoms with Crippen molar-refractivity contribution in [1.82, 2.24) is 15.1 Å². The third-order valence-corrected chi connectivity index (χ3v) is 1.98. The summed E-state index contributed by atoms with van der Waals surface area (Å²) in [6.45, 7) is -0.620. The van der Waals surface area contributed by atoms with Crippen LogP contribution in [0, 0.1) is 0 Å². The van der Waals surface area contributed by atoms with E-state index in [-0.39, 0.29) is 19.7 Å². The fourth-order valence-electron chi connectivity index (χ4n) is 1.20. The summed E-state index contributed by atoms with van der Waals surface area (Å²) in [5.74, 6) is -1.59. The number of carboxylic acid groups (broad SMARTS) is 1. The van der Waals surface area contributed by atoms with Crippen LogP contribution in [0.25, 0.3) is 0 Å². The highest BCUT2D eigenvalue weighted by molar-refractivity contribution is 5.75. The van der Waals surface area contributed by atoms with Crippen molar-refractivity contribution in [3.63, 3.8) is 0 Å². The molecule has 0 aliphatic rings. The number of aliphatic carboxylic acids is 1. The number of ether oxygens (including phenoxy) is 1. The molecule has 0 saturated carbocycles. The third-order valence-electron chi connectivity index (χ3n) is 1.98. The van der Waals surface area contributed by atoms with Crippen molar-refractivity contribution in [2.45, 2.75) is 6.54 Å². The summed E-state index contributed by atoms with van der Waals surface area (Å²) in [6.07, 6.45) is 0. The first kappa shape index (κ1) is 14.6. The Morgan fingerprint density at radius 1 is 1.37 bits per heavy atom. The summed E-state index contributed by atoms with van der Waals surface area (Å²) in [5.41, 5.74) is -0.992. The molecule has 1 aromatic heterocycles. The molecule has 0 spiro atoms. The number of nitrogens with zero attached hydrogens (tertiary/aromatic N) is 1. The monoisotopic (exact) mass is 271 g/mol. The maximum absolute atomic E-state index is 11.4. The highest BCUT2D eigenvalue weighted by Gasteiger charge is 2.04. The summed E-state index contributed by atoms with van der Waals surface area (Å²) in [4.78, 5) is 43.8. The van der Waals surface area contributed by atoms with E-state index in [1.807, 2.05) is 0 Å². The number of hydrogen-bond acceptors (Lipinski definition) is 5. The van der Waals surface area contributed by atoms with Crippen LogP contribution >= 0.6 is 0 Å². The molecule has 1 heterocycles. The van der Waals surface area contributed by atoms with Crippen LogP contribution in [0.3, 0.4) is 0 Å². The lowest BCUT2D eigenvalue weighted by molar-refractivity contribution is -0.142. The van der Waals surface area contributed by atoms with Gasteiger partial charge in [0.15, 0.2) is 0 Å². The normalized spacial score (nSPS) is 10.1. The summed E-state index contributed by atoms with van der Waals surface area (Å²) in [6, 6.07) is 2.12. The maximum Gasteiger partial charge on any atom is 0.329 e. The number of carbonyl (C=O) groups excluding carboxylic acids is 1. The molecule has 0 saturated heterocycles. The molecule has 19 heavy (non-hydrogen) atoms. The molecule has 0 bridgehead atoms. The molecule has 0 aliphatic heterocycles. The standard InChI is InChI=1S/C10H13N3O6/c14-7-1-2-9(16)13(12-7)5-8(15)11-3-4-19-6-10(17)18/h1-2H,3-6H2,(H,11,15)(H,12,14)(H,17,18). The van der Waals surface area contributed by atoms with Gasteiger partial charge in [0, 0.05) is 18.7 Å². The second-order valence-corrected chi connectivity index (χ2v) is 3.53. The van der Waals surface area contributed by atoms with Crippen LogP contribution in [-0.4, -0.2) is 46.5 Å². The van der Waals surface area contributed by atoms with E-state index in [4.69, 9.17) is 9.84 Å². The van der Waals surface area contributed by atoms with E-state index >= 15 is 0 Å². The van der Waals surface area contributed by atoms with Crippen molar-refractivity contribution in [3.8, 4) is 0 Å². The van der Waals surface area contributed by atoms with Gasteiger partial charge in [-0.3, -0.25) is 19.5 Å². The van der Waals surface area contributed by atoms with Crippen LogP contribution in [0.1, 0.15) is 0 Å². The minimum absolute atomic E-state index is 0.0399. The molecule has 0 fully saturated rings. The van der Waals surface area contributed by atoms with Gasteiger partial charge < -0.3 is 15.2 Å². The lowest BCUT2D eigenvalue weighted by atomic mass is 10.5. The van der Waals surface area contributed by atoms with E-state index in [1.54, 1.807) is 0 Å². The van der Waals surface area contributed by atoms with Gasteiger partial charge in [0.25, 0.3) is 11.1 Å². The number of aromatic nitrogens is 2. The number of carboxylic acids is 1. The van der Waals surface area contributed by atoms with E-state index in [1.165, 1.54) is 0 Å². The fraction of sp³-hybridized carbons (Fsp3) is 0.400. The highest BCUT2D eigenvalue weighted by atomic mass is 16.5. The molecule has 1 aromatic rings. The Bertz CT molecular complexity index is 561. The largest absolute Gasteiger partial charge is 0.480 e. The van der Waals surface area contributed by atoms with Crippen molar-refractivity contribution in [1.29, 1.82) is 0 Å². The molecule has 104 valence electrons. The first-order chi connectivity index (χ1) is 8.99. The number of rotatable bonds is 7. The number of carbonyl (C=O) groups is 2. The van der Waals surface area contributed by atoms with Gasteiger partial charge in [-0.2, -0.15) is 0 Å². The summed E-state index contributed by atoms with van der Waals surface area (Å²) in [7, 11) is 0. The Kier molecular flexibility index (Phi) is 5.48. The predicted octanol–water partition coefficient (Wildman–Crippen LogP) is -2.25. The van der Waals surface area contributed by atoms with Crippen LogP contribution in [0.2, 0.25) is 0 Å². The van der Waals surface area contributed by atoms with Crippen molar-refractivity contribution in [2.75, 3.05) is 19.8 Å². The van der Waals surface area contributed by atoms with Gasteiger partial charge in [-0.05, 0) is 0 Å². The van der Waals surface area contributed by atoms with Crippen LogP contribution < -0.4 is 16.4 Å². The van der Waals surface area contributed by atoms with Crippen LogP contribution in [0.5, 0.6) is 0 Å². The number of H-pyrrole nitrogens is 1. The first-order valence-corrected chi connectivity index (χ1v) is 5.35. The Balaban J connectivity index is 2.35. The zero-order chi connectivity index (χ0) is 14.3. The quantitative estimate of drug-likeness (QED) is 0.480. The molecular weight excluding hydrogens is 258 g/mol. The minimum Gasteiger partial charge on any atom is -0.480 e. The SMILES string of the molecule is O=C(O)COCCNC(=O)Cn1[nH]c(=O)ccc1=O. The zero-order valence-corrected chi connectivity index (χ0v) is 9.92. The number of aromatic amines is 1. The van der Waals surface area contributed by atoms with E-state index in [9.17, 15) is 19.2 Å². The van der Waals surface area contributed by atoms with E-state index in [0.717, 1.165) is 16.8 Å². The molecular formula is C10H13N3O6. The van der Waals surface area contributed by atoms with E-state index in [2.05, 4.69) is 10.4 Å². The molecule has 1 rings (SSSR count). The third kappa shape index (κ3) is 5.64. The average Bonchev–Trinajstić information content (AvgIpc) is 2.33. The molecule has 1 amide bonds. The molecule has 0 unspecified atom stereocenters. The Morgan fingerprint density at radius 2 is 2.11 bits per heavy atom. The van der Waals surface area contributed by atoms with E-state index in [0.29, 0.717) is 0 Å². The molecule has 9 heteroatoms. The molecule has 0 radical (unpaired) electrons. The van der Waals surface area contributed by atoms with Gasteiger partial charge in [0.1, 0.15) is 13.2 Å². The second-order valence-electron chi connectivity index (χ2n) is 3.53. The molecule has 0 aliphatic carbocycles. The maximum atomic E-state index is 11.4. The van der Waals surface area contributed by atoms with Crippen molar-refractivity contribution >= 4 is 11.9 Å². The van der Waals surface area contributed by atoms with Crippen molar-refractivity contribution in [3.05, 3.63) is 32.8 Å². The van der Waals surface area contributed by atoms with Crippen molar-refractivity contribution < 1.29 is 19.4 Å². The molecule has 9 nitrogen and oxygen atoms in total. The predicted molar refractivity (Wildman–Crippen MR) is 62.8 cm³/mol. The zero-order valence-electron chi connectivity index (χ0n) is 9.92. The van der Waals surface area contributed by atoms with Gasteiger partial charge in [0.2, 0.25) is 5.91 Å². The van der Waals surface area contributed by atoms with Gasteiger partial charge >= 0.3 is 5.97 Å². The first-order valence-electron chi connectivity index (χ1n) is 5.35. The molecule has 0 atom stereocenters. The van der Waals surface area contributed by atoms with Gasteiger partial charge in [-0.15, -0.1) is 0 Å². The second kappa shape index (κ2) is 7.11. The summed E-state index contributed by atoms with van der Waals surface area (Å²) < 4.78 is 5.57. The smallest absolute Gasteiger partial charge is 0.329 e. The lowest BCUT2D eigenvalue weighted by Gasteiger charge is -2.06. The molecule has 0 aromatic carbocycles. The van der Waals surface area contributed by atoms with E-state index < -0.39 is 29.6 Å². The average molecular weight is 271 g/mol.